The van der Waals surface area contributed by atoms with E-state index < -0.39 is 28.0 Å². The number of hydrogen-bond donors (Lipinski definition) is 2. The molecule has 3 heterocycles. The number of aromatic nitrogens is 2. The number of sulfonamides is 1. The van der Waals surface area contributed by atoms with Gasteiger partial charge in [-0.1, -0.05) is 18.2 Å². The third-order valence-corrected chi connectivity index (χ3v) is 8.72. The molecule has 1 saturated carbocycles. The number of halogens is 3. The standard InChI is InChI=1S/C22H27F3N4O3S/c1-33(31,32)29-7-6-17-19(12-29)26-27-20(17)21(30)28-10-14-8-13(9-15(14)11-28)16-4-2-3-5-18(16)22(23,24)25/h2-5,13-15,21,30H,6-12H2,1H3,(H,26,27)/t13?,14-,15+,21?. The smallest absolute Gasteiger partial charge is 0.372 e. The summed E-state index contributed by atoms with van der Waals surface area (Å²) >= 11 is 0. The second kappa shape index (κ2) is 8.07. The fraction of sp³-hybridized carbons (Fsp3) is 0.591. The lowest BCUT2D eigenvalue weighted by Crippen LogP contribution is -2.36. The van der Waals surface area contributed by atoms with Gasteiger partial charge >= 0.3 is 6.18 Å². The van der Waals surface area contributed by atoms with E-state index in [0.29, 0.717) is 55.8 Å². The quantitative estimate of drug-likeness (QED) is 0.697. The van der Waals surface area contributed by atoms with E-state index in [4.69, 9.17) is 0 Å². The molecule has 2 aromatic rings. The lowest BCUT2D eigenvalue weighted by atomic mass is 9.91. The first kappa shape index (κ1) is 22.8. The first-order valence-electron chi connectivity index (χ1n) is 11.1. The van der Waals surface area contributed by atoms with Crippen LogP contribution in [-0.2, 0) is 29.2 Å². The van der Waals surface area contributed by atoms with Gasteiger partial charge in [-0.25, -0.2) is 8.42 Å². The Kier molecular flexibility index (Phi) is 5.58. The molecule has 1 saturated heterocycles. The number of fused-ring (bicyclic) bond motifs is 2. The molecule has 2 fully saturated rings. The Bertz CT molecular complexity index is 1140. The van der Waals surface area contributed by atoms with Crippen LogP contribution in [0.15, 0.2) is 24.3 Å². The Balaban J connectivity index is 1.27. The molecule has 1 aromatic heterocycles. The Morgan fingerprint density at radius 3 is 2.48 bits per heavy atom. The van der Waals surface area contributed by atoms with Gasteiger partial charge in [-0.2, -0.15) is 22.6 Å². The number of alkyl halides is 3. The Hall–Kier alpha value is -1.95. The van der Waals surface area contributed by atoms with E-state index in [-0.39, 0.29) is 24.3 Å². The van der Waals surface area contributed by atoms with Crippen molar-refractivity contribution in [3.05, 3.63) is 52.3 Å². The first-order chi connectivity index (χ1) is 15.5. The van der Waals surface area contributed by atoms with Crippen molar-refractivity contribution in [3.8, 4) is 0 Å². The maximum absolute atomic E-state index is 13.5. The van der Waals surface area contributed by atoms with Crippen LogP contribution in [0, 0.1) is 11.8 Å². The molecule has 11 heteroatoms. The summed E-state index contributed by atoms with van der Waals surface area (Å²) < 4.78 is 65.4. The molecule has 2 N–H and O–H groups in total. The molecule has 4 atom stereocenters. The van der Waals surface area contributed by atoms with Crippen molar-refractivity contribution in [1.29, 1.82) is 0 Å². The van der Waals surface area contributed by atoms with Crippen LogP contribution in [0.4, 0.5) is 13.2 Å². The average Bonchev–Trinajstić information content (AvgIpc) is 3.44. The second-order valence-electron chi connectivity index (χ2n) is 9.51. The van der Waals surface area contributed by atoms with Crippen molar-refractivity contribution in [3.63, 3.8) is 0 Å². The summed E-state index contributed by atoms with van der Waals surface area (Å²) in [7, 11) is -3.30. The van der Waals surface area contributed by atoms with Crippen LogP contribution in [0.3, 0.4) is 0 Å². The summed E-state index contributed by atoms with van der Waals surface area (Å²) in [6, 6.07) is 5.85. The highest BCUT2D eigenvalue weighted by Crippen LogP contribution is 2.50. The molecule has 1 aromatic carbocycles. The van der Waals surface area contributed by atoms with Crippen molar-refractivity contribution in [1.82, 2.24) is 19.4 Å². The summed E-state index contributed by atoms with van der Waals surface area (Å²) in [5.74, 6) is 0.320. The zero-order valence-electron chi connectivity index (χ0n) is 18.2. The summed E-state index contributed by atoms with van der Waals surface area (Å²) in [5.41, 5.74) is 1.92. The maximum atomic E-state index is 13.5. The highest BCUT2D eigenvalue weighted by atomic mass is 32.2. The highest BCUT2D eigenvalue weighted by Gasteiger charge is 2.46. The van der Waals surface area contributed by atoms with E-state index in [1.54, 1.807) is 12.1 Å². The van der Waals surface area contributed by atoms with Crippen LogP contribution in [0.2, 0.25) is 0 Å². The molecule has 3 aliphatic rings. The maximum Gasteiger partial charge on any atom is 0.416 e. The number of aromatic amines is 1. The van der Waals surface area contributed by atoms with E-state index in [9.17, 15) is 26.7 Å². The number of benzene rings is 1. The number of nitrogens with zero attached hydrogens (tertiary/aromatic N) is 3. The number of hydrogen-bond acceptors (Lipinski definition) is 5. The van der Waals surface area contributed by atoms with Gasteiger partial charge in [0, 0.05) is 25.2 Å². The molecule has 2 aliphatic heterocycles. The minimum absolute atomic E-state index is 0.128. The Morgan fingerprint density at radius 1 is 1.18 bits per heavy atom. The molecule has 2 unspecified atom stereocenters. The lowest BCUT2D eigenvalue weighted by molar-refractivity contribution is -0.138. The minimum atomic E-state index is -4.36. The molecule has 0 amide bonds. The molecule has 0 radical (unpaired) electrons. The fourth-order valence-corrected chi connectivity index (χ4v) is 6.68. The minimum Gasteiger partial charge on any atom is -0.372 e. The van der Waals surface area contributed by atoms with Crippen molar-refractivity contribution in [2.24, 2.45) is 11.8 Å². The molecule has 1 aliphatic carbocycles. The largest absolute Gasteiger partial charge is 0.416 e. The van der Waals surface area contributed by atoms with Gasteiger partial charge in [0.1, 0.15) is 5.69 Å². The van der Waals surface area contributed by atoms with Gasteiger partial charge in [0.05, 0.1) is 24.1 Å². The van der Waals surface area contributed by atoms with Gasteiger partial charge in [0.2, 0.25) is 10.0 Å². The van der Waals surface area contributed by atoms with Crippen LogP contribution in [0.1, 0.15) is 53.1 Å². The molecule has 0 spiro atoms. The second-order valence-corrected chi connectivity index (χ2v) is 11.5. The van der Waals surface area contributed by atoms with Crippen molar-refractivity contribution in [2.45, 2.75) is 44.1 Å². The van der Waals surface area contributed by atoms with Gasteiger partial charge in [0.25, 0.3) is 0 Å². The third kappa shape index (κ3) is 4.20. The topological polar surface area (TPSA) is 89.5 Å². The first-order valence-corrected chi connectivity index (χ1v) is 13.0. The van der Waals surface area contributed by atoms with E-state index >= 15 is 0 Å². The van der Waals surface area contributed by atoms with Crippen LogP contribution in [0.25, 0.3) is 0 Å². The third-order valence-electron chi connectivity index (χ3n) is 7.48. The normalized spacial score (nSPS) is 27.5. The summed E-state index contributed by atoms with van der Waals surface area (Å²) in [6.07, 6.45) is -2.29. The Labute approximate surface area is 190 Å². The molecular weight excluding hydrogens is 457 g/mol. The van der Waals surface area contributed by atoms with Crippen molar-refractivity contribution in [2.75, 3.05) is 25.9 Å². The van der Waals surface area contributed by atoms with E-state index in [0.717, 1.165) is 11.6 Å². The number of aliphatic hydroxyl groups is 1. The number of likely N-dealkylation sites (tertiary alicyclic amines) is 1. The predicted molar refractivity (Wildman–Crippen MR) is 114 cm³/mol. The van der Waals surface area contributed by atoms with Crippen LogP contribution in [-0.4, -0.2) is 58.8 Å². The SMILES string of the molecule is CS(=O)(=O)N1CCc2c(C(O)N3C[C@H]4CC(c5ccccc5C(F)(F)F)C[C@H]4C3)n[nH]c2C1. The van der Waals surface area contributed by atoms with Gasteiger partial charge in [0.15, 0.2) is 6.23 Å². The monoisotopic (exact) mass is 484 g/mol. The number of rotatable bonds is 4. The van der Waals surface area contributed by atoms with Gasteiger partial charge in [-0.05, 0) is 48.6 Å². The summed E-state index contributed by atoms with van der Waals surface area (Å²) in [6.45, 7) is 1.76. The van der Waals surface area contributed by atoms with E-state index in [1.807, 2.05) is 4.90 Å². The highest BCUT2D eigenvalue weighted by molar-refractivity contribution is 7.88. The van der Waals surface area contributed by atoms with Crippen molar-refractivity contribution >= 4 is 10.0 Å². The van der Waals surface area contributed by atoms with Crippen LogP contribution >= 0.6 is 0 Å². The molecule has 7 nitrogen and oxygen atoms in total. The van der Waals surface area contributed by atoms with Crippen LogP contribution in [0.5, 0.6) is 0 Å². The Morgan fingerprint density at radius 2 is 1.85 bits per heavy atom. The zero-order valence-corrected chi connectivity index (χ0v) is 19.0. The lowest BCUT2D eigenvalue weighted by Gasteiger charge is -2.27. The fourth-order valence-electron chi connectivity index (χ4n) is 5.89. The van der Waals surface area contributed by atoms with Gasteiger partial charge < -0.3 is 5.11 Å². The number of H-pyrrole nitrogens is 1. The summed E-state index contributed by atoms with van der Waals surface area (Å²) in [4.78, 5) is 1.95. The number of aliphatic hydroxyl groups excluding tert-OH is 1. The van der Waals surface area contributed by atoms with E-state index in [1.165, 1.54) is 16.6 Å². The number of nitrogens with one attached hydrogen (secondary N) is 1. The van der Waals surface area contributed by atoms with Crippen molar-refractivity contribution < 1.29 is 26.7 Å². The molecular formula is C22H27F3N4O3S. The predicted octanol–water partition coefficient (Wildman–Crippen LogP) is 2.86. The molecule has 33 heavy (non-hydrogen) atoms. The average molecular weight is 485 g/mol. The van der Waals surface area contributed by atoms with Gasteiger partial charge in [-0.3, -0.25) is 10.00 Å². The summed E-state index contributed by atoms with van der Waals surface area (Å²) in [5, 5.41) is 18.2. The van der Waals surface area contributed by atoms with Crippen LogP contribution < -0.4 is 0 Å². The van der Waals surface area contributed by atoms with E-state index in [2.05, 4.69) is 10.2 Å². The molecule has 5 rings (SSSR count). The zero-order chi connectivity index (χ0) is 23.5. The molecule has 180 valence electrons. The van der Waals surface area contributed by atoms with Gasteiger partial charge in [-0.15, -0.1) is 0 Å². The molecule has 0 bridgehead atoms.